The van der Waals surface area contributed by atoms with Gasteiger partial charge in [-0.15, -0.1) is 5.10 Å². The number of tetrazole rings is 1. The molecule has 3 rings (SSSR count). The summed E-state index contributed by atoms with van der Waals surface area (Å²) in [6, 6.07) is 9.34. The second-order valence-electron chi connectivity index (χ2n) is 5.95. The molecule has 1 aromatic carbocycles. The topological polar surface area (TPSA) is 95.6 Å². The molecule has 0 unspecified atom stereocenters. The fourth-order valence-corrected chi connectivity index (χ4v) is 4.52. The minimum atomic E-state index is -3.51. The van der Waals surface area contributed by atoms with Crippen molar-refractivity contribution in [2.24, 2.45) is 0 Å². The van der Waals surface area contributed by atoms with E-state index in [1.807, 2.05) is 37.3 Å². The first-order valence-corrected chi connectivity index (χ1v) is 10.4. The van der Waals surface area contributed by atoms with Crippen LogP contribution in [0.5, 0.6) is 0 Å². The van der Waals surface area contributed by atoms with Crippen LogP contribution in [-0.2, 0) is 27.9 Å². The smallest absolute Gasteiger partial charge is 0.166 e. The Balaban J connectivity index is 1.86. The van der Waals surface area contributed by atoms with Crippen LogP contribution in [0.1, 0.15) is 30.4 Å². The highest BCUT2D eigenvalue weighted by atomic mass is 35.5. The lowest BCUT2D eigenvalue weighted by atomic mass is 10.3. The summed E-state index contributed by atoms with van der Waals surface area (Å²) in [5.74, 6) is -0.133. The Hall–Kier alpha value is -2.26. The summed E-state index contributed by atoms with van der Waals surface area (Å²) in [4.78, 5) is 0. The molecule has 26 heavy (non-hydrogen) atoms. The first-order valence-electron chi connectivity index (χ1n) is 8.16. The molecular weight excluding hydrogens is 376 g/mol. The third-order valence-electron chi connectivity index (χ3n) is 3.88. The fourth-order valence-electron chi connectivity index (χ4n) is 2.62. The Labute approximate surface area is 156 Å². The molecule has 0 atom stereocenters. The molecule has 2 heterocycles. The summed E-state index contributed by atoms with van der Waals surface area (Å²) < 4.78 is 28.4. The average molecular weight is 395 g/mol. The van der Waals surface area contributed by atoms with Gasteiger partial charge < -0.3 is 0 Å². The van der Waals surface area contributed by atoms with Crippen LogP contribution in [0.4, 0.5) is 0 Å². The quantitative estimate of drug-likeness (QED) is 0.610. The fraction of sp³-hybridized carbons (Fsp3) is 0.375. The van der Waals surface area contributed by atoms with Crippen molar-refractivity contribution in [3.8, 4) is 5.69 Å². The molecule has 0 N–H and O–H groups in total. The number of hydrogen-bond acceptors (Lipinski definition) is 6. The zero-order valence-electron chi connectivity index (χ0n) is 14.5. The van der Waals surface area contributed by atoms with E-state index in [-0.39, 0.29) is 11.5 Å². The van der Waals surface area contributed by atoms with E-state index in [0.717, 1.165) is 12.1 Å². The summed E-state index contributed by atoms with van der Waals surface area (Å²) in [5, 5.41) is 15.9. The van der Waals surface area contributed by atoms with E-state index >= 15 is 0 Å². The maximum Gasteiger partial charge on any atom is 0.166 e. The number of nitrogens with zero attached hydrogens (tertiary/aromatic N) is 6. The largest absolute Gasteiger partial charge is 0.229 e. The molecule has 0 amide bonds. The van der Waals surface area contributed by atoms with Crippen molar-refractivity contribution in [3.63, 3.8) is 0 Å². The lowest BCUT2D eigenvalue weighted by molar-refractivity contribution is 0.555. The molecule has 0 saturated heterocycles. The standard InChI is InChI=1S/C16H19ClN6O2S/c1-3-9-22-15(18-20-21-22)11-26(24,25)10-14-12(2)19-23(16(14)17)13-7-5-4-6-8-13/h4-8H,3,9-11H2,1-2H3. The van der Waals surface area contributed by atoms with E-state index in [4.69, 9.17) is 11.6 Å². The number of aryl methyl sites for hydroxylation is 2. The third-order valence-corrected chi connectivity index (χ3v) is 5.69. The van der Waals surface area contributed by atoms with Crippen LogP contribution in [0.2, 0.25) is 5.15 Å². The van der Waals surface area contributed by atoms with Crippen molar-refractivity contribution >= 4 is 21.4 Å². The molecule has 0 bridgehead atoms. The number of aromatic nitrogens is 6. The van der Waals surface area contributed by atoms with Crippen LogP contribution in [0.25, 0.3) is 5.69 Å². The Morgan fingerprint density at radius 2 is 1.88 bits per heavy atom. The van der Waals surface area contributed by atoms with Crippen molar-refractivity contribution in [1.82, 2.24) is 30.0 Å². The van der Waals surface area contributed by atoms with E-state index < -0.39 is 9.84 Å². The summed E-state index contributed by atoms with van der Waals surface area (Å²) >= 11 is 6.42. The molecule has 10 heteroatoms. The van der Waals surface area contributed by atoms with Gasteiger partial charge in [0.05, 0.1) is 17.1 Å². The molecule has 0 aliphatic rings. The summed E-state index contributed by atoms with van der Waals surface area (Å²) in [6.07, 6.45) is 0.812. The Morgan fingerprint density at radius 1 is 1.15 bits per heavy atom. The molecule has 8 nitrogen and oxygen atoms in total. The van der Waals surface area contributed by atoms with Gasteiger partial charge in [-0.1, -0.05) is 36.7 Å². The van der Waals surface area contributed by atoms with Crippen LogP contribution in [0, 0.1) is 6.92 Å². The molecular formula is C16H19ClN6O2S. The van der Waals surface area contributed by atoms with Gasteiger partial charge in [0.15, 0.2) is 15.7 Å². The van der Waals surface area contributed by atoms with Gasteiger partial charge >= 0.3 is 0 Å². The Bertz CT molecular complexity index is 997. The van der Waals surface area contributed by atoms with E-state index in [2.05, 4.69) is 20.6 Å². The molecule has 0 spiro atoms. The third kappa shape index (κ3) is 3.94. The van der Waals surface area contributed by atoms with E-state index in [1.165, 1.54) is 4.68 Å². The van der Waals surface area contributed by atoms with E-state index in [1.54, 1.807) is 11.6 Å². The van der Waals surface area contributed by atoms with Crippen molar-refractivity contribution in [2.75, 3.05) is 0 Å². The second-order valence-corrected chi connectivity index (χ2v) is 8.38. The zero-order valence-corrected chi connectivity index (χ0v) is 16.1. The van der Waals surface area contributed by atoms with Crippen LogP contribution in [-0.4, -0.2) is 38.4 Å². The monoisotopic (exact) mass is 394 g/mol. The molecule has 138 valence electrons. The maximum absolute atomic E-state index is 12.7. The lowest BCUT2D eigenvalue weighted by Crippen LogP contribution is -2.14. The van der Waals surface area contributed by atoms with E-state index in [0.29, 0.717) is 28.8 Å². The number of para-hydroxylation sites is 1. The Morgan fingerprint density at radius 3 is 2.58 bits per heavy atom. The number of benzene rings is 1. The predicted molar refractivity (Wildman–Crippen MR) is 97.7 cm³/mol. The van der Waals surface area contributed by atoms with Crippen LogP contribution >= 0.6 is 11.6 Å². The number of hydrogen-bond donors (Lipinski definition) is 0. The SMILES string of the molecule is CCCn1nnnc1CS(=O)(=O)Cc1c(C)nn(-c2ccccc2)c1Cl. The van der Waals surface area contributed by atoms with Gasteiger partial charge in [0, 0.05) is 12.1 Å². The number of rotatable bonds is 7. The second kappa shape index (κ2) is 7.55. The summed E-state index contributed by atoms with van der Waals surface area (Å²) in [5.41, 5.74) is 1.84. The van der Waals surface area contributed by atoms with Crippen LogP contribution in [0.15, 0.2) is 30.3 Å². The van der Waals surface area contributed by atoms with Crippen molar-refractivity contribution < 1.29 is 8.42 Å². The van der Waals surface area contributed by atoms with Gasteiger partial charge in [-0.3, -0.25) is 0 Å². The molecule has 2 aromatic heterocycles. The minimum Gasteiger partial charge on any atom is -0.229 e. The molecule has 0 radical (unpaired) electrons. The summed E-state index contributed by atoms with van der Waals surface area (Å²) in [7, 11) is -3.51. The molecule has 0 aliphatic carbocycles. The highest BCUT2D eigenvalue weighted by Crippen LogP contribution is 2.26. The summed E-state index contributed by atoms with van der Waals surface area (Å²) in [6.45, 7) is 4.29. The Kier molecular flexibility index (Phi) is 5.38. The lowest BCUT2D eigenvalue weighted by Gasteiger charge is -2.06. The van der Waals surface area contributed by atoms with Gasteiger partial charge in [-0.2, -0.15) is 5.10 Å². The number of sulfone groups is 1. The van der Waals surface area contributed by atoms with Gasteiger partial charge in [0.1, 0.15) is 10.9 Å². The van der Waals surface area contributed by atoms with Crippen molar-refractivity contribution in [1.29, 1.82) is 0 Å². The van der Waals surface area contributed by atoms with Gasteiger partial charge in [0.25, 0.3) is 0 Å². The molecule has 0 aliphatic heterocycles. The van der Waals surface area contributed by atoms with Crippen molar-refractivity contribution in [3.05, 3.63) is 52.6 Å². The average Bonchev–Trinajstić information content (AvgIpc) is 3.14. The van der Waals surface area contributed by atoms with Crippen molar-refractivity contribution in [2.45, 2.75) is 38.3 Å². The predicted octanol–water partition coefficient (Wildman–Crippen LogP) is 2.35. The first-order chi connectivity index (χ1) is 12.4. The normalized spacial score (nSPS) is 11.8. The highest BCUT2D eigenvalue weighted by Gasteiger charge is 2.23. The van der Waals surface area contributed by atoms with Gasteiger partial charge in [-0.25, -0.2) is 17.8 Å². The van der Waals surface area contributed by atoms with E-state index in [9.17, 15) is 8.42 Å². The molecule has 0 saturated carbocycles. The van der Waals surface area contributed by atoms with Crippen LogP contribution < -0.4 is 0 Å². The molecule has 3 aromatic rings. The maximum atomic E-state index is 12.7. The number of halogens is 1. The first kappa shape index (κ1) is 18.5. The highest BCUT2D eigenvalue weighted by molar-refractivity contribution is 7.89. The van der Waals surface area contributed by atoms with Gasteiger partial charge in [0.2, 0.25) is 0 Å². The van der Waals surface area contributed by atoms with Crippen LogP contribution in [0.3, 0.4) is 0 Å². The minimum absolute atomic E-state index is 0.219. The van der Waals surface area contributed by atoms with Gasteiger partial charge in [-0.05, 0) is 35.9 Å². The zero-order chi connectivity index (χ0) is 18.7. The molecule has 0 fully saturated rings.